The predicted molar refractivity (Wildman–Crippen MR) is 213 cm³/mol. The van der Waals surface area contributed by atoms with E-state index in [1.807, 2.05) is 6.92 Å². The molecule has 18 heteroatoms. The summed E-state index contributed by atoms with van der Waals surface area (Å²) in [5, 5.41) is 115. The van der Waals surface area contributed by atoms with Gasteiger partial charge in [-0.1, -0.05) is 39.3 Å². The zero-order valence-corrected chi connectivity index (χ0v) is 36.2. The molecule has 0 bridgehead atoms. The lowest BCUT2D eigenvalue weighted by atomic mass is 9.47. The molecular formula is C44H72O18. The highest BCUT2D eigenvalue weighted by molar-refractivity contribution is 5.26. The van der Waals surface area contributed by atoms with E-state index in [1.165, 1.54) is 5.57 Å². The zero-order valence-electron chi connectivity index (χ0n) is 36.2. The molecule has 0 aromatic carbocycles. The Balaban J connectivity index is 0.851. The summed E-state index contributed by atoms with van der Waals surface area (Å²) in [7, 11) is 0. The third kappa shape index (κ3) is 8.27. The van der Waals surface area contributed by atoms with Crippen molar-refractivity contribution in [3.63, 3.8) is 0 Å². The van der Waals surface area contributed by atoms with Gasteiger partial charge in [-0.05, 0) is 91.8 Å². The molecular weight excluding hydrogens is 816 g/mol. The molecule has 4 aliphatic carbocycles. The number of fused-ring (bicyclic) bond motifs is 7. The second kappa shape index (κ2) is 18.3. The highest BCUT2D eigenvalue weighted by Crippen LogP contribution is 2.70. The van der Waals surface area contributed by atoms with Crippen LogP contribution in [0.4, 0.5) is 0 Å². The van der Waals surface area contributed by atoms with Crippen LogP contribution in [0.5, 0.6) is 0 Å². The van der Waals surface area contributed by atoms with Crippen LogP contribution < -0.4 is 0 Å². The summed E-state index contributed by atoms with van der Waals surface area (Å²) in [4.78, 5) is 0. The fourth-order valence-electron chi connectivity index (χ4n) is 13.3. The Labute approximate surface area is 362 Å². The van der Waals surface area contributed by atoms with Crippen molar-refractivity contribution in [2.75, 3.05) is 26.4 Å². The minimum Gasteiger partial charge on any atom is -0.394 e. The summed E-state index contributed by atoms with van der Waals surface area (Å²) in [6.07, 6.45) is -10.3. The fourth-order valence-corrected chi connectivity index (χ4v) is 13.3. The van der Waals surface area contributed by atoms with Crippen molar-refractivity contribution in [2.24, 2.45) is 46.3 Å². The Morgan fingerprint density at radius 1 is 0.790 bits per heavy atom. The molecule has 25 atom stereocenters. The van der Waals surface area contributed by atoms with Crippen LogP contribution in [0.15, 0.2) is 11.6 Å². The SMILES string of the molecule is C[C@H](CC[C@@]1(O)OC2C[C@H]3[C@@H]4CC=C5C[C@@H](O[C@@H]6O[C@H](CO)[C@@H](O[C@@H]7OC[C@H](O)[C@H](O)[C@H]7O)[C@H](O)[C@H]6O)CC[C@]5(C)[C@H]4CC[C@]3(C)[C@H]2[C@@H]1C)CO[C@@H]1O[C@H](CO)[C@@H](O)[C@H](O)[C@H]1O. The van der Waals surface area contributed by atoms with E-state index in [2.05, 4.69) is 26.8 Å². The van der Waals surface area contributed by atoms with Gasteiger partial charge in [0, 0.05) is 12.3 Å². The average Bonchev–Trinajstić information content (AvgIpc) is 3.69. The summed E-state index contributed by atoms with van der Waals surface area (Å²) in [6.45, 7) is 7.61. The molecule has 7 fully saturated rings. The Kier molecular flexibility index (Phi) is 14.0. The molecule has 0 radical (unpaired) electrons. The number of rotatable bonds is 12. The molecule has 1 unspecified atom stereocenters. The predicted octanol–water partition coefficient (Wildman–Crippen LogP) is -1.22. The van der Waals surface area contributed by atoms with Crippen LogP contribution in [0.2, 0.25) is 0 Å². The molecule has 4 saturated heterocycles. The Bertz CT molecular complexity index is 1570. The van der Waals surface area contributed by atoms with Gasteiger partial charge in [0.1, 0.15) is 67.1 Å². The Morgan fingerprint density at radius 2 is 1.48 bits per heavy atom. The van der Waals surface area contributed by atoms with Crippen LogP contribution in [0.3, 0.4) is 0 Å². The van der Waals surface area contributed by atoms with Crippen LogP contribution in [0.1, 0.15) is 85.5 Å². The first kappa shape index (κ1) is 47.5. The van der Waals surface area contributed by atoms with E-state index in [0.29, 0.717) is 43.4 Å². The Morgan fingerprint density at radius 3 is 2.21 bits per heavy atom. The van der Waals surface area contributed by atoms with E-state index in [4.69, 9.17) is 33.2 Å². The van der Waals surface area contributed by atoms with E-state index < -0.39 is 105 Å². The van der Waals surface area contributed by atoms with Crippen molar-refractivity contribution in [1.29, 1.82) is 0 Å². The summed E-state index contributed by atoms with van der Waals surface area (Å²) < 4.78 is 41.3. The number of ether oxygens (including phenoxy) is 7. The molecule has 356 valence electrons. The van der Waals surface area contributed by atoms with Crippen LogP contribution in [-0.2, 0) is 33.2 Å². The van der Waals surface area contributed by atoms with Gasteiger partial charge in [0.25, 0.3) is 0 Å². The summed E-state index contributed by atoms with van der Waals surface area (Å²) in [5.41, 5.74) is 1.29. The van der Waals surface area contributed by atoms with Gasteiger partial charge in [-0.25, -0.2) is 0 Å². The molecule has 0 spiro atoms. The second-order valence-corrected chi connectivity index (χ2v) is 20.6. The topological polar surface area (TPSA) is 287 Å². The molecule has 4 heterocycles. The molecule has 8 rings (SSSR count). The Hall–Kier alpha value is -0.980. The van der Waals surface area contributed by atoms with Gasteiger partial charge in [0.05, 0.1) is 38.6 Å². The van der Waals surface area contributed by atoms with Crippen molar-refractivity contribution in [3.8, 4) is 0 Å². The quantitative estimate of drug-likeness (QED) is 0.102. The van der Waals surface area contributed by atoms with Gasteiger partial charge in [-0.2, -0.15) is 0 Å². The van der Waals surface area contributed by atoms with Crippen LogP contribution in [0, 0.1) is 46.3 Å². The molecule has 8 aliphatic rings. The van der Waals surface area contributed by atoms with Crippen LogP contribution in [-0.4, -0.2) is 187 Å². The summed E-state index contributed by atoms with van der Waals surface area (Å²) >= 11 is 0. The molecule has 4 aliphatic heterocycles. The molecule has 3 saturated carbocycles. The summed E-state index contributed by atoms with van der Waals surface area (Å²) in [5.74, 6) is 0.131. The average molecular weight is 889 g/mol. The fraction of sp³-hybridized carbons (Fsp3) is 0.955. The van der Waals surface area contributed by atoms with E-state index in [0.717, 1.165) is 32.1 Å². The van der Waals surface area contributed by atoms with Crippen LogP contribution in [0.25, 0.3) is 0 Å². The van der Waals surface area contributed by atoms with Crippen molar-refractivity contribution in [3.05, 3.63) is 11.6 Å². The smallest absolute Gasteiger partial charge is 0.186 e. The van der Waals surface area contributed by atoms with Gasteiger partial charge >= 0.3 is 0 Å². The van der Waals surface area contributed by atoms with E-state index >= 15 is 0 Å². The maximum absolute atomic E-state index is 12.0. The van der Waals surface area contributed by atoms with Gasteiger partial charge in [-0.15, -0.1) is 0 Å². The van der Waals surface area contributed by atoms with Crippen molar-refractivity contribution in [2.45, 2.75) is 189 Å². The second-order valence-electron chi connectivity index (χ2n) is 20.6. The monoisotopic (exact) mass is 888 g/mol. The highest BCUT2D eigenvalue weighted by atomic mass is 16.7. The number of hydrogen-bond donors (Lipinski definition) is 11. The number of allylic oxidation sites excluding steroid dienone is 1. The van der Waals surface area contributed by atoms with Gasteiger partial charge in [0.15, 0.2) is 24.7 Å². The first-order valence-corrected chi connectivity index (χ1v) is 23.0. The van der Waals surface area contributed by atoms with Crippen molar-refractivity contribution >= 4 is 0 Å². The molecule has 62 heavy (non-hydrogen) atoms. The lowest BCUT2D eigenvalue weighted by molar-refractivity contribution is -0.353. The third-order valence-electron chi connectivity index (χ3n) is 17.0. The van der Waals surface area contributed by atoms with Crippen molar-refractivity contribution < 1.29 is 89.3 Å². The highest BCUT2D eigenvalue weighted by Gasteiger charge is 2.68. The molecule has 0 aromatic rings. The maximum Gasteiger partial charge on any atom is 0.186 e. The van der Waals surface area contributed by atoms with Gasteiger partial charge < -0.3 is 89.3 Å². The molecule has 11 N–H and O–H groups in total. The van der Waals surface area contributed by atoms with E-state index in [1.54, 1.807) is 0 Å². The van der Waals surface area contributed by atoms with Gasteiger partial charge in [0.2, 0.25) is 0 Å². The summed E-state index contributed by atoms with van der Waals surface area (Å²) in [6, 6.07) is 0. The lowest BCUT2D eigenvalue weighted by Crippen LogP contribution is -2.63. The molecule has 18 nitrogen and oxygen atoms in total. The van der Waals surface area contributed by atoms with E-state index in [9.17, 15) is 56.2 Å². The maximum atomic E-state index is 12.0. The normalized spacial score (nSPS) is 54.5. The standard InChI is InChI=1S/C44H72O18/c1-19(17-56-39-36(53)33(50)32(49)28(15-45)59-39)7-12-44(55)20(2)30-27(62-44)14-25-23-6-5-21-13-22(8-10-42(21,3)24(23)9-11-43(25,30)4)58-41-37(54)34(51)38(29(16-46)60-41)61-40-35(52)31(48)26(47)18-57-40/h5,19-20,22-41,45-55H,6-18H2,1-4H3/t19-,20+,22+,23-,24+,25+,26+,27?,28-,29-,30+,31+,32-,33+,34-,35-,36-,37-,38-,39-,40+,41-,42+,43+,44-/m1/s1. The lowest BCUT2D eigenvalue weighted by Gasteiger charge is -2.58. The third-order valence-corrected chi connectivity index (χ3v) is 17.0. The van der Waals surface area contributed by atoms with Crippen molar-refractivity contribution in [1.82, 2.24) is 0 Å². The minimum absolute atomic E-state index is 0.00203. The first-order valence-electron chi connectivity index (χ1n) is 23.0. The van der Waals surface area contributed by atoms with Gasteiger partial charge in [-0.3, -0.25) is 0 Å². The largest absolute Gasteiger partial charge is 0.394 e. The van der Waals surface area contributed by atoms with E-state index in [-0.39, 0.29) is 54.0 Å². The molecule has 0 amide bonds. The molecule has 0 aromatic heterocycles. The minimum atomic E-state index is -1.63. The number of hydrogen-bond acceptors (Lipinski definition) is 18. The first-order chi connectivity index (χ1) is 29.3. The van der Waals surface area contributed by atoms with Crippen LogP contribution >= 0.6 is 0 Å². The number of aliphatic hydroxyl groups is 11. The number of aliphatic hydroxyl groups excluding tert-OH is 10. The zero-order chi connectivity index (χ0) is 44.6.